The zero-order valence-electron chi connectivity index (χ0n) is 11.2. The Morgan fingerprint density at radius 2 is 2.00 bits per heavy atom. The normalized spacial score (nSPS) is 17.4. The summed E-state index contributed by atoms with van der Waals surface area (Å²) < 4.78 is 0.791. The molecule has 2 heterocycles. The van der Waals surface area contributed by atoms with E-state index in [1.165, 1.54) is 4.90 Å². The standard InChI is InChI=1S/C15H14BrN3O2/c16-11-6-12(18-7-11)15(21)19-8-10-4-2-1-3-9(10)5-13(19)14(17)20/h1-4,6-7,13,18H,5,8H2,(H2,17,20)/t13-/m0/s1. The average Bonchev–Trinajstić information content (AvgIpc) is 2.91. The molecule has 21 heavy (non-hydrogen) atoms. The highest BCUT2D eigenvalue weighted by molar-refractivity contribution is 9.10. The van der Waals surface area contributed by atoms with Crippen LogP contribution in [-0.2, 0) is 17.8 Å². The Hall–Kier alpha value is -2.08. The quantitative estimate of drug-likeness (QED) is 0.869. The molecule has 0 saturated carbocycles. The van der Waals surface area contributed by atoms with Crippen molar-refractivity contribution in [2.75, 3.05) is 0 Å². The lowest BCUT2D eigenvalue weighted by Crippen LogP contribution is -2.51. The fourth-order valence-electron chi connectivity index (χ4n) is 2.64. The van der Waals surface area contributed by atoms with E-state index < -0.39 is 11.9 Å². The molecular weight excluding hydrogens is 334 g/mol. The van der Waals surface area contributed by atoms with Crippen LogP contribution in [0.15, 0.2) is 41.0 Å². The number of aromatic nitrogens is 1. The fourth-order valence-corrected chi connectivity index (χ4v) is 2.98. The van der Waals surface area contributed by atoms with Crippen molar-refractivity contribution in [3.63, 3.8) is 0 Å². The van der Waals surface area contributed by atoms with Crippen molar-refractivity contribution in [3.05, 3.63) is 57.8 Å². The number of H-pyrrole nitrogens is 1. The van der Waals surface area contributed by atoms with Gasteiger partial charge >= 0.3 is 0 Å². The third-order valence-corrected chi connectivity index (χ3v) is 4.17. The van der Waals surface area contributed by atoms with E-state index in [4.69, 9.17) is 5.73 Å². The minimum atomic E-state index is -0.616. The highest BCUT2D eigenvalue weighted by Gasteiger charge is 2.34. The van der Waals surface area contributed by atoms with Gasteiger partial charge in [-0.05, 0) is 33.1 Å². The van der Waals surface area contributed by atoms with Gasteiger partial charge in [-0.3, -0.25) is 9.59 Å². The third kappa shape index (κ3) is 2.58. The number of hydrogen-bond donors (Lipinski definition) is 2. The zero-order valence-corrected chi connectivity index (χ0v) is 12.8. The number of rotatable bonds is 2. The third-order valence-electron chi connectivity index (χ3n) is 3.72. The number of nitrogens with zero attached hydrogens (tertiary/aromatic N) is 1. The lowest BCUT2D eigenvalue weighted by molar-refractivity contribution is -0.122. The van der Waals surface area contributed by atoms with Crippen LogP contribution in [0.4, 0.5) is 0 Å². The first-order valence-corrected chi connectivity index (χ1v) is 7.36. The maximum absolute atomic E-state index is 12.6. The number of amides is 2. The van der Waals surface area contributed by atoms with Crippen molar-refractivity contribution < 1.29 is 9.59 Å². The molecule has 0 spiro atoms. The number of nitrogens with two attached hydrogens (primary N) is 1. The molecule has 3 N–H and O–H groups in total. The largest absolute Gasteiger partial charge is 0.368 e. The summed E-state index contributed by atoms with van der Waals surface area (Å²) in [6, 6.07) is 8.87. The second-order valence-electron chi connectivity index (χ2n) is 5.06. The molecule has 1 aliphatic heterocycles. The lowest BCUT2D eigenvalue weighted by atomic mass is 9.93. The number of fused-ring (bicyclic) bond motifs is 1. The summed E-state index contributed by atoms with van der Waals surface area (Å²) in [5.74, 6) is -0.706. The van der Waals surface area contributed by atoms with Gasteiger partial charge < -0.3 is 15.6 Å². The Bertz CT molecular complexity index is 710. The second-order valence-corrected chi connectivity index (χ2v) is 5.97. The minimum absolute atomic E-state index is 0.223. The number of hydrogen-bond acceptors (Lipinski definition) is 2. The van der Waals surface area contributed by atoms with Gasteiger partial charge in [-0.2, -0.15) is 0 Å². The summed E-state index contributed by atoms with van der Waals surface area (Å²) in [5.41, 5.74) is 8.04. The smallest absolute Gasteiger partial charge is 0.271 e. The molecule has 6 heteroatoms. The van der Waals surface area contributed by atoms with Crippen LogP contribution in [-0.4, -0.2) is 27.7 Å². The highest BCUT2D eigenvalue weighted by atomic mass is 79.9. The molecule has 0 saturated heterocycles. The van der Waals surface area contributed by atoms with Gasteiger partial charge in [0.05, 0.1) is 0 Å². The van der Waals surface area contributed by atoms with E-state index in [9.17, 15) is 9.59 Å². The maximum Gasteiger partial charge on any atom is 0.271 e. The van der Waals surface area contributed by atoms with Crippen molar-refractivity contribution in [1.82, 2.24) is 9.88 Å². The first-order chi connectivity index (χ1) is 10.1. The van der Waals surface area contributed by atoms with Crippen LogP contribution in [0.25, 0.3) is 0 Å². The van der Waals surface area contributed by atoms with E-state index in [-0.39, 0.29) is 5.91 Å². The zero-order chi connectivity index (χ0) is 15.0. The van der Waals surface area contributed by atoms with E-state index in [2.05, 4.69) is 20.9 Å². The van der Waals surface area contributed by atoms with Gasteiger partial charge in [-0.1, -0.05) is 24.3 Å². The fraction of sp³-hybridized carbons (Fsp3) is 0.200. The number of carbonyl (C=O) groups excluding carboxylic acids is 2. The summed E-state index contributed by atoms with van der Waals surface area (Å²) >= 11 is 3.30. The Morgan fingerprint density at radius 1 is 1.29 bits per heavy atom. The van der Waals surface area contributed by atoms with Gasteiger partial charge in [0.25, 0.3) is 5.91 Å². The number of primary amides is 1. The lowest BCUT2D eigenvalue weighted by Gasteiger charge is -2.34. The molecule has 5 nitrogen and oxygen atoms in total. The highest BCUT2D eigenvalue weighted by Crippen LogP contribution is 2.25. The summed E-state index contributed by atoms with van der Waals surface area (Å²) in [6.07, 6.45) is 2.14. The predicted octanol–water partition coefficient (Wildman–Crippen LogP) is 1.83. The Morgan fingerprint density at radius 3 is 2.62 bits per heavy atom. The molecule has 1 atom stereocenters. The first-order valence-electron chi connectivity index (χ1n) is 6.57. The van der Waals surface area contributed by atoms with Gasteiger partial charge in [0, 0.05) is 23.6 Å². The predicted molar refractivity (Wildman–Crippen MR) is 81.5 cm³/mol. The summed E-state index contributed by atoms with van der Waals surface area (Å²) in [7, 11) is 0. The summed E-state index contributed by atoms with van der Waals surface area (Å²) in [5, 5.41) is 0. The molecule has 0 radical (unpaired) electrons. The summed E-state index contributed by atoms with van der Waals surface area (Å²) in [4.78, 5) is 28.8. The number of nitrogens with one attached hydrogen (secondary N) is 1. The molecule has 2 aromatic rings. The number of aromatic amines is 1. The molecule has 1 aromatic carbocycles. The van der Waals surface area contributed by atoms with Crippen molar-refractivity contribution >= 4 is 27.7 Å². The molecule has 108 valence electrons. The number of carbonyl (C=O) groups is 2. The van der Waals surface area contributed by atoms with Crippen LogP contribution < -0.4 is 5.73 Å². The topological polar surface area (TPSA) is 79.2 Å². The van der Waals surface area contributed by atoms with Crippen LogP contribution in [0, 0.1) is 0 Å². The van der Waals surface area contributed by atoms with E-state index >= 15 is 0 Å². The van der Waals surface area contributed by atoms with Crippen LogP contribution in [0.5, 0.6) is 0 Å². The van der Waals surface area contributed by atoms with E-state index in [0.29, 0.717) is 18.7 Å². The molecular formula is C15H14BrN3O2. The molecule has 2 amide bonds. The molecule has 0 unspecified atom stereocenters. The molecule has 0 aliphatic carbocycles. The van der Waals surface area contributed by atoms with Crippen molar-refractivity contribution in [2.45, 2.75) is 19.0 Å². The number of halogens is 1. The maximum atomic E-state index is 12.6. The van der Waals surface area contributed by atoms with E-state index in [1.807, 2.05) is 24.3 Å². The van der Waals surface area contributed by atoms with Crippen LogP contribution in [0.2, 0.25) is 0 Å². The molecule has 1 aliphatic rings. The van der Waals surface area contributed by atoms with Crippen LogP contribution in [0.3, 0.4) is 0 Å². The number of benzene rings is 1. The second kappa shape index (κ2) is 5.37. The monoisotopic (exact) mass is 347 g/mol. The summed E-state index contributed by atoms with van der Waals surface area (Å²) in [6.45, 7) is 0.388. The van der Waals surface area contributed by atoms with Gasteiger partial charge in [0.15, 0.2) is 0 Å². The van der Waals surface area contributed by atoms with Crippen molar-refractivity contribution in [1.29, 1.82) is 0 Å². The van der Waals surface area contributed by atoms with Gasteiger partial charge in [-0.25, -0.2) is 0 Å². The van der Waals surface area contributed by atoms with Gasteiger partial charge in [0.1, 0.15) is 11.7 Å². The Balaban J connectivity index is 1.96. The first kappa shape index (κ1) is 13.9. The SMILES string of the molecule is NC(=O)[C@@H]1Cc2ccccc2CN1C(=O)c1cc(Br)c[nH]1. The molecule has 1 aromatic heterocycles. The van der Waals surface area contributed by atoms with Crippen LogP contribution >= 0.6 is 15.9 Å². The average molecular weight is 348 g/mol. The minimum Gasteiger partial charge on any atom is -0.368 e. The Kier molecular flexibility index (Phi) is 3.55. The van der Waals surface area contributed by atoms with E-state index in [1.54, 1.807) is 12.3 Å². The van der Waals surface area contributed by atoms with Crippen LogP contribution in [0.1, 0.15) is 21.6 Å². The van der Waals surface area contributed by atoms with E-state index in [0.717, 1.165) is 15.6 Å². The molecule has 0 fully saturated rings. The van der Waals surface area contributed by atoms with Gasteiger partial charge in [0.2, 0.25) is 5.91 Å². The van der Waals surface area contributed by atoms with Gasteiger partial charge in [-0.15, -0.1) is 0 Å². The Labute approximate surface area is 130 Å². The van der Waals surface area contributed by atoms with Crippen molar-refractivity contribution in [2.24, 2.45) is 5.73 Å². The molecule has 0 bridgehead atoms. The van der Waals surface area contributed by atoms with Crippen molar-refractivity contribution in [3.8, 4) is 0 Å². The molecule has 3 rings (SSSR count).